The van der Waals surface area contributed by atoms with Gasteiger partial charge >= 0.3 is 0 Å². The van der Waals surface area contributed by atoms with Crippen molar-refractivity contribution in [1.29, 1.82) is 0 Å². The summed E-state index contributed by atoms with van der Waals surface area (Å²) in [5.74, 6) is -0.899. The Balaban J connectivity index is 1.85. The van der Waals surface area contributed by atoms with Crippen molar-refractivity contribution in [3.05, 3.63) is 67.7 Å². The van der Waals surface area contributed by atoms with Crippen molar-refractivity contribution in [2.75, 3.05) is 5.01 Å². The van der Waals surface area contributed by atoms with Crippen molar-refractivity contribution in [1.82, 2.24) is 5.32 Å². The minimum Gasteiger partial charge on any atom is -0.308 e. The summed E-state index contributed by atoms with van der Waals surface area (Å²) in [4.78, 5) is 34.9. The van der Waals surface area contributed by atoms with Crippen molar-refractivity contribution >= 4 is 52.2 Å². The maximum Gasteiger partial charge on any atom is 0.270 e. The van der Waals surface area contributed by atoms with Crippen LogP contribution in [0.4, 0.5) is 11.4 Å². The van der Waals surface area contributed by atoms with E-state index >= 15 is 0 Å². The lowest BCUT2D eigenvalue weighted by Gasteiger charge is -2.16. The Morgan fingerprint density at radius 1 is 1.26 bits per heavy atom. The van der Waals surface area contributed by atoms with Crippen LogP contribution in [0.15, 0.2) is 41.5 Å². The van der Waals surface area contributed by atoms with Crippen LogP contribution in [0.3, 0.4) is 0 Å². The predicted molar refractivity (Wildman–Crippen MR) is 101 cm³/mol. The molecule has 0 bridgehead atoms. The number of hydrazone groups is 1. The molecule has 0 aromatic heterocycles. The fourth-order valence-corrected chi connectivity index (χ4v) is 2.98. The highest BCUT2D eigenvalue weighted by Crippen LogP contribution is 2.36. The number of rotatable bonds is 3. The van der Waals surface area contributed by atoms with Crippen LogP contribution in [0.25, 0.3) is 0 Å². The van der Waals surface area contributed by atoms with Gasteiger partial charge < -0.3 is 5.32 Å². The third-order valence-corrected chi connectivity index (χ3v) is 4.59. The second-order valence-corrected chi connectivity index (χ2v) is 6.51. The minimum atomic E-state index is -0.610. The third-order valence-electron chi connectivity index (χ3n) is 3.88. The number of nitro benzene ring substituents is 1. The molecule has 27 heavy (non-hydrogen) atoms. The Hall–Kier alpha value is -2.97. The van der Waals surface area contributed by atoms with Crippen LogP contribution in [0.1, 0.15) is 22.3 Å². The van der Waals surface area contributed by atoms with Crippen LogP contribution in [0.5, 0.6) is 0 Å². The number of amides is 2. The first-order valence-electron chi connectivity index (χ1n) is 7.68. The van der Waals surface area contributed by atoms with Crippen molar-refractivity contribution in [2.24, 2.45) is 5.10 Å². The van der Waals surface area contributed by atoms with Crippen molar-refractivity contribution in [2.45, 2.75) is 13.3 Å². The smallest absolute Gasteiger partial charge is 0.270 e. The SMILES string of the molecule is Cc1c(Cl)ccc(Cl)c1N1N=C(NC(=O)c2cccc([N+](=O)[O-])c2)CC1=O. The zero-order valence-corrected chi connectivity index (χ0v) is 15.4. The summed E-state index contributed by atoms with van der Waals surface area (Å²) in [7, 11) is 0. The molecule has 0 atom stereocenters. The number of non-ortho nitro benzene ring substituents is 1. The quantitative estimate of drug-likeness (QED) is 0.619. The first-order valence-corrected chi connectivity index (χ1v) is 8.44. The van der Waals surface area contributed by atoms with Gasteiger partial charge in [-0.1, -0.05) is 29.3 Å². The van der Waals surface area contributed by atoms with E-state index in [0.717, 1.165) is 11.1 Å². The summed E-state index contributed by atoms with van der Waals surface area (Å²) in [6, 6.07) is 8.40. The zero-order valence-electron chi connectivity index (χ0n) is 13.9. The Kier molecular flexibility index (Phi) is 5.11. The monoisotopic (exact) mass is 406 g/mol. The summed E-state index contributed by atoms with van der Waals surface area (Å²) >= 11 is 12.3. The molecule has 0 fully saturated rings. The van der Waals surface area contributed by atoms with Crippen molar-refractivity contribution in [3.63, 3.8) is 0 Å². The van der Waals surface area contributed by atoms with E-state index in [1.54, 1.807) is 19.1 Å². The van der Waals surface area contributed by atoms with Gasteiger partial charge in [-0.05, 0) is 30.7 Å². The highest BCUT2D eigenvalue weighted by atomic mass is 35.5. The Morgan fingerprint density at radius 2 is 1.96 bits per heavy atom. The van der Waals surface area contributed by atoms with Gasteiger partial charge in [-0.25, -0.2) is 0 Å². The van der Waals surface area contributed by atoms with E-state index in [-0.39, 0.29) is 23.5 Å². The van der Waals surface area contributed by atoms with E-state index in [1.165, 1.54) is 18.2 Å². The Labute approximate surface area is 163 Å². The van der Waals surface area contributed by atoms with Gasteiger partial charge in [-0.15, -0.1) is 0 Å². The van der Waals surface area contributed by atoms with Crippen molar-refractivity contribution in [3.8, 4) is 0 Å². The van der Waals surface area contributed by atoms with Crippen LogP contribution in [0.2, 0.25) is 10.0 Å². The lowest BCUT2D eigenvalue weighted by atomic mass is 10.2. The van der Waals surface area contributed by atoms with Gasteiger partial charge in [0, 0.05) is 22.7 Å². The number of nitro groups is 1. The first-order chi connectivity index (χ1) is 12.8. The molecule has 0 spiro atoms. The van der Waals surface area contributed by atoms with Gasteiger partial charge in [0.05, 0.1) is 22.1 Å². The topological polar surface area (TPSA) is 105 Å². The van der Waals surface area contributed by atoms with Gasteiger partial charge in [-0.3, -0.25) is 19.7 Å². The van der Waals surface area contributed by atoms with Crippen molar-refractivity contribution < 1.29 is 14.5 Å². The van der Waals surface area contributed by atoms with Crippen LogP contribution in [-0.2, 0) is 4.79 Å². The Morgan fingerprint density at radius 3 is 2.67 bits per heavy atom. The largest absolute Gasteiger partial charge is 0.308 e. The molecular weight excluding hydrogens is 395 g/mol. The summed E-state index contributed by atoms with van der Waals surface area (Å²) in [6.07, 6.45) is -0.150. The maximum absolute atomic E-state index is 12.3. The third kappa shape index (κ3) is 3.76. The molecule has 8 nitrogen and oxygen atoms in total. The van der Waals surface area contributed by atoms with Gasteiger partial charge in [0.1, 0.15) is 5.84 Å². The van der Waals surface area contributed by atoms with Gasteiger partial charge in [-0.2, -0.15) is 10.1 Å². The average molecular weight is 407 g/mol. The second-order valence-electron chi connectivity index (χ2n) is 5.69. The number of hydrogen-bond donors (Lipinski definition) is 1. The number of nitrogens with one attached hydrogen (secondary N) is 1. The second kappa shape index (κ2) is 7.34. The van der Waals surface area contributed by atoms with E-state index in [9.17, 15) is 19.7 Å². The van der Waals surface area contributed by atoms with Crippen LogP contribution in [0, 0.1) is 17.0 Å². The molecule has 1 aliphatic rings. The number of hydrogen-bond acceptors (Lipinski definition) is 5. The van der Waals surface area contributed by atoms with E-state index < -0.39 is 16.7 Å². The van der Waals surface area contributed by atoms with Gasteiger partial charge in [0.15, 0.2) is 0 Å². The molecule has 2 amide bonds. The number of halogens is 2. The molecule has 3 rings (SSSR count). The van der Waals surface area contributed by atoms with Crippen LogP contribution in [-0.4, -0.2) is 22.6 Å². The number of amidine groups is 1. The van der Waals surface area contributed by atoms with E-state index in [4.69, 9.17) is 23.2 Å². The average Bonchev–Trinajstić information content (AvgIpc) is 2.98. The fourth-order valence-electron chi connectivity index (χ4n) is 2.54. The molecule has 1 N–H and O–H groups in total. The number of carbonyl (C=O) groups is 2. The summed E-state index contributed by atoms with van der Waals surface area (Å²) in [5.41, 5.74) is 0.783. The summed E-state index contributed by atoms with van der Waals surface area (Å²) in [5, 5.41) is 19.2. The zero-order chi connectivity index (χ0) is 19.7. The van der Waals surface area contributed by atoms with E-state index in [1.807, 2.05) is 0 Å². The molecule has 1 heterocycles. The number of benzene rings is 2. The normalized spacial score (nSPS) is 13.5. The van der Waals surface area contributed by atoms with Crippen LogP contribution < -0.4 is 10.3 Å². The van der Waals surface area contributed by atoms with Gasteiger partial charge in [0.25, 0.3) is 17.5 Å². The number of nitrogens with zero attached hydrogens (tertiary/aromatic N) is 3. The maximum atomic E-state index is 12.3. The summed E-state index contributed by atoms with van der Waals surface area (Å²) in [6.45, 7) is 1.70. The highest BCUT2D eigenvalue weighted by molar-refractivity contribution is 6.37. The first kappa shape index (κ1) is 18.8. The number of anilines is 1. The molecule has 0 aliphatic carbocycles. The van der Waals surface area contributed by atoms with E-state index in [2.05, 4.69) is 10.4 Å². The molecule has 1 aliphatic heterocycles. The molecular formula is C17H12Cl2N4O4. The molecule has 2 aromatic carbocycles. The van der Waals surface area contributed by atoms with E-state index in [0.29, 0.717) is 21.3 Å². The summed E-state index contributed by atoms with van der Waals surface area (Å²) < 4.78 is 0. The molecule has 2 aromatic rings. The van der Waals surface area contributed by atoms with Crippen LogP contribution >= 0.6 is 23.2 Å². The Bertz CT molecular complexity index is 1010. The predicted octanol–water partition coefficient (Wildman–Crippen LogP) is 3.69. The molecule has 0 saturated carbocycles. The molecule has 10 heteroatoms. The van der Waals surface area contributed by atoms with Gasteiger partial charge in [0.2, 0.25) is 0 Å². The number of carbonyl (C=O) groups excluding carboxylic acids is 2. The lowest BCUT2D eigenvalue weighted by molar-refractivity contribution is -0.384. The molecule has 0 radical (unpaired) electrons. The lowest BCUT2D eigenvalue weighted by Crippen LogP contribution is -2.29. The highest BCUT2D eigenvalue weighted by Gasteiger charge is 2.29. The fraction of sp³-hybridized carbons (Fsp3) is 0.118. The molecule has 138 valence electrons. The molecule has 0 unspecified atom stereocenters. The molecule has 0 saturated heterocycles. The standard InChI is InChI=1S/C17H12Cl2N4O4/c1-9-12(18)5-6-13(19)16(9)22-15(24)8-14(21-22)20-17(25)10-3-2-4-11(7-10)23(26)27/h2-7H,8H2,1H3,(H,20,21,25). The minimum absolute atomic E-state index is 0.0785.